The van der Waals surface area contributed by atoms with E-state index in [2.05, 4.69) is 19.2 Å². The quantitative estimate of drug-likeness (QED) is 0.765. The molecule has 0 saturated carbocycles. The summed E-state index contributed by atoms with van der Waals surface area (Å²) in [5, 5.41) is 3.92. The van der Waals surface area contributed by atoms with Gasteiger partial charge in [0.25, 0.3) is 0 Å². The molecular weight excluding hydrogens is 262 g/mol. The number of rotatable bonds is 7. The molecule has 0 saturated heterocycles. The molecule has 0 aliphatic heterocycles. The van der Waals surface area contributed by atoms with Crippen LogP contribution in [0, 0.1) is 5.92 Å². The molecule has 106 valence electrons. The second-order valence-electron chi connectivity index (χ2n) is 4.65. The summed E-state index contributed by atoms with van der Waals surface area (Å²) in [6.07, 6.45) is 2.02. The number of hydrogen-bond acceptors (Lipinski definition) is 3. The topological polar surface area (TPSA) is 38.3 Å². The van der Waals surface area contributed by atoms with Crippen molar-refractivity contribution in [2.24, 2.45) is 5.92 Å². The van der Waals surface area contributed by atoms with E-state index < -0.39 is 0 Å². The lowest BCUT2D eigenvalue weighted by molar-refractivity contribution is -0.145. The summed E-state index contributed by atoms with van der Waals surface area (Å²) in [6, 6.07) is 7.02. The Bertz CT molecular complexity index is 392. The fourth-order valence-corrected chi connectivity index (χ4v) is 2.14. The fourth-order valence-electron chi connectivity index (χ4n) is 2.01. The first-order valence-electron chi connectivity index (χ1n) is 6.77. The molecule has 3 nitrogen and oxygen atoms in total. The summed E-state index contributed by atoms with van der Waals surface area (Å²) >= 11 is 5.85. The molecule has 0 bridgehead atoms. The molecular formula is C15H22ClNO2. The highest BCUT2D eigenvalue weighted by Crippen LogP contribution is 2.19. The van der Waals surface area contributed by atoms with E-state index in [-0.39, 0.29) is 17.9 Å². The van der Waals surface area contributed by atoms with Crippen molar-refractivity contribution in [2.75, 3.05) is 11.9 Å². The highest BCUT2D eigenvalue weighted by Gasteiger charge is 2.25. The minimum atomic E-state index is -0.318. The van der Waals surface area contributed by atoms with Crippen LogP contribution in [-0.4, -0.2) is 18.6 Å². The lowest BCUT2D eigenvalue weighted by Crippen LogP contribution is -2.37. The van der Waals surface area contributed by atoms with E-state index in [1.807, 2.05) is 19.1 Å². The SMILES string of the molecule is CCCC(C)C(Nc1ccc(Cl)cc1)C(=O)OCC. The van der Waals surface area contributed by atoms with Crippen molar-refractivity contribution in [1.29, 1.82) is 0 Å². The number of halogens is 1. The molecule has 2 unspecified atom stereocenters. The number of esters is 1. The summed E-state index contributed by atoms with van der Waals surface area (Å²) in [5.41, 5.74) is 0.880. The third-order valence-corrected chi connectivity index (χ3v) is 3.27. The first kappa shape index (κ1) is 15.8. The molecule has 0 aromatic heterocycles. The van der Waals surface area contributed by atoms with Crippen LogP contribution >= 0.6 is 11.6 Å². The van der Waals surface area contributed by atoms with Crippen LogP contribution in [0.15, 0.2) is 24.3 Å². The molecule has 0 fully saturated rings. The Balaban J connectivity index is 2.78. The Morgan fingerprint density at radius 2 is 1.95 bits per heavy atom. The zero-order valence-corrected chi connectivity index (χ0v) is 12.5. The maximum atomic E-state index is 12.0. The first-order chi connectivity index (χ1) is 9.08. The second kappa shape index (κ2) is 8.05. The van der Waals surface area contributed by atoms with Gasteiger partial charge in [0.1, 0.15) is 6.04 Å². The Kier molecular flexibility index (Phi) is 6.71. The Labute approximate surface area is 120 Å². The van der Waals surface area contributed by atoms with Gasteiger partial charge >= 0.3 is 5.97 Å². The third-order valence-electron chi connectivity index (χ3n) is 3.02. The summed E-state index contributed by atoms with van der Waals surface area (Å²) in [5.74, 6) is 0.0260. The van der Waals surface area contributed by atoms with Crippen molar-refractivity contribution in [1.82, 2.24) is 0 Å². The van der Waals surface area contributed by atoms with Gasteiger partial charge in [0.05, 0.1) is 6.61 Å². The zero-order chi connectivity index (χ0) is 14.3. The van der Waals surface area contributed by atoms with E-state index in [0.29, 0.717) is 11.6 Å². The highest BCUT2D eigenvalue weighted by molar-refractivity contribution is 6.30. The normalized spacial score (nSPS) is 13.7. The van der Waals surface area contributed by atoms with Crippen LogP contribution in [0.1, 0.15) is 33.6 Å². The van der Waals surface area contributed by atoms with E-state index in [9.17, 15) is 4.79 Å². The van der Waals surface area contributed by atoms with Crippen molar-refractivity contribution < 1.29 is 9.53 Å². The molecule has 4 heteroatoms. The maximum Gasteiger partial charge on any atom is 0.328 e. The molecule has 1 aromatic rings. The average Bonchev–Trinajstić information content (AvgIpc) is 2.38. The van der Waals surface area contributed by atoms with Gasteiger partial charge in [0.2, 0.25) is 0 Å². The van der Waals surface area contributed by atoms with Crippen LogP contribution in [0.5, 0.6) is 0 Å². The Morgan fingerprint density at radius 3 is 2.47 bits per heavy atom. The minimum Gasteiger partial charge on any atom is -0.464 e. The molecule has 1 rings (SSSR count). The number of nitrogens with one attached hydrogen (secondary N) is 1. The van der Waals surface area contributed by atoms with Crippen molar-refractivity contribution in [2.45, 2.75) is 39.7 Å². The van der Waals surface area contributed by atoms with E-state index in [0.717, 1.165) is 18.5 Å². The van der Waals surface area contributed by atoms with E-state index in [4.69, 9.17) is 16.3 Å². The molecule has 0 amide bonds. The highest BCUT2D eigenvalue weighted by atomic mass is 35.5. The first-order valence-corrected chi connectivity index (χ1v) is 7.15. The predicted octanol–water partition coefficient (Wildman–Crippen LogP) is 4.12. The number of hydrogen-bond donors (Lipinski definition) is 1. The van der Waals surface area contributed by atoms with Crippen molar-refractivity contribution >= 4 is 23.3 Å². The Morgan fingerprint density at radius 1 is 1.32 bits per heavy atom. The lowest BCUT2D eigenvalue weighted by Gasteiger charge is -2.24. The molecule has 19 heavy (non-hydrogen) atoms. The molecule has 0 aliphatic rings. The van der Waals surface area contributed by atoms with Crippen molar-refractivity contribution in [3.8, 4) is 0 Å². The van der Waals surface area contributed by atoms with Gasteiger partial charge in [-0.25, -0.2) is 4.79 Å². The molecule has 2 atom stereocenters. The van der Waals surface area contributed by atoms with Gasteiger partial charge in [-0.3, -0.25) is 0 Å². The predicted molar refractivity (Wildman–Crippen MR) is 79.6 cm³/mol. The van der Waals surface area contributed by atoms with E-state index >= 15 is 0 Å². The number of carbonyl (C=O) groups excluding carboxylic acids is 1. The standard InChI is InChI=1S/C15H22ClNO2/c1-4-6-11(3)14(15(18)19-5-2)17-13-9-7-12(16)8-10-13/h7-11,14,17H,4-6H2,1-3H3. The number of anilines is 1. The van der Waals surface area contributed by atoms with Gasteiger partial charge < -0.3 is 10.1 Å². The van der Waals surface area contributed by atoms with Gasteiger partial charge in [0.15, 0.2) is 0 Å². The van der Waals surface area contributed by atoms with Gasteiger partial charge in [-0.15, -0.1) is 0 Å². The van der Waals surface area contributed by atoms with E-state index in [1.54, 1.807) is 12.1 Å². The van der Waals surface area contributed by atoms with Crippen LogP contribution in [0.4, 0.5) is 5.69 Å². The van der Waals surface area contributed by atoms with E-state index in [1.165, 1.54) is 0 Å². The summed E-state index contributed by atoms with van der Waals surface area (Å²) in [7, 11) is 0. The van der Waals surface area contributed by atoms with Crippen LogP contribution in [0.2, 0.25) is 5.02 Å². The molecule has 0 aliphatic carbocycles. The number of carbonyl (C=O) groups is 1. The summed E-state index contributed by atoms with van der Waals surface area (Å²) < 4.78 is 5.14. The van der Waals surface area contributed by atoms with Gasteiger partial charge in [-0.1, -0.05) is 31.9 Å². The van der Waals surface area contributed by atoms with Crippen molar-refractivity contribution in [3.63, 3.8) is 0 Å². The van der Waals surface area contributed by atoms with Crippen LogP contribution in [0.3, 0.4) is 0 Å². The largest absolute Gasteiger partial charge is 0.464 e. The number of benzene rings is 1. The minimum absolute atomic E-state index is 0.196. The third kappa shape index (κ3) is 5.11. The summed E-state index contributed by atoms with van der Waals surface area (Å²) in [6.45, 7) is 6.40. The molecule has 1 N–H and O–H groups in total. The monoisotopic (exact) mass is 283 g/mol. The second-order valence-corrected chi connectivity index (χ2v) is 5.08. The van der Waals surface area contributed by atoms with Gasteiger partial charge in [-0.2, -0.15) is 0 Å². The fraction of sp³-hybridized carbons (Fsp3) is 0.533. The van der Waals surface area contributed by atoms with Crippen LogP contribution in [0.25, 0.3) is 0 Å². The molecule has 0 radical (unpaired) electrons. The maximum absolute atomic E-state index is 12.0. The average molecular weight is 284 g/mol. The van der Waals surface area contributed by atoms with Crippen LogP contribution < -0.4 is 5.32 Å². The van der Waals surface area contributed by atoms with Crippen molar-refractivity contribution in [3.05, 3.63) is 29.3 Å². The smallest absolute Gasteiger partial charge is 0.328 e. The molecule has 0 spiro atoms. The number of ether oxygens (including phenoxy) is 1. The van der Waals surface area contributed by atoms with Crippen LogP contribution in [-0.2, 0) is 9.53 Å². The van der Waals surface area contributed by atoms with Gasteiger partial charge in [-0.05, 0) is 43.5 Å². The van der Waals surface area contributed by atoms with Gasteiger partial charge in [0, 0.05) is 10.7 Å². The molecule has 0 heterocycles. The Hall–Kier alpha value is -1.22. The summed E-state index contributed by atoms with van der Waals surface area (Å²) in [4.78, 5) is 12.0. The lowest BCUT2D eigenvalue weighted by atomic mass is 9.96. The zero-order valence-electron chi connectivity index (χ0n) is 11.8. The molecule has 1 aromatic carbocycles.